The number of nitrogens with one attached hydrogen (secondary N) is 1. The van der Waals surface area contributed by atoms with E-state index in [9.17, 15) is 4.79 Å². The molecule has 2 heterocycles. The van der Waals surface area contributed by atoms with Gasteiger partial charge in [-0.15, -0.1) is 0 Å². The summed E-state index contributed by atoms with van der Waals surface area (Å²) in [6, 6.07) is 4.24. The van der Waals surface area contributed by atoms with E-state index in [2.05, 4.69) is 22.4 Å². The van der Waals surface area contributed by atoms with Gasteiger partial charge in [-0.25, -0.2) is 0 Å². The molecule has 0 spiro atoms. The Labute approximate surface area is 146 Å². The normalized spacial score (nSPS) is 17.5. The van der Waals surface area contributed by atoms with E-state index in [4.69, 9.17) is 4.74 Å². The third-order valence-corrected chi connectivity index (χ3v) is 4.75. The Balaban J connectivity index is 1.88. The maximum Gasteiger partial charge on any atom is 0.311 e. The van der Waals surface area contributed by atoms with Crippen LogP contribution in [0.25, 0.3) is 0 Å². The minimum Gasteiger partial charge on any atom is -0.459 e. The summed E-state index contributed by atoms with van der Waals surface area (Å²) >= 11 is 0. The second-order valence-electron chi connectivity index (χ2n) is 8.09. The molecule has 1 aromatic heterocycles. The molecule has 0 radical (unpaired) electrons. The van der Waals surface area contributed by atoms with Gasteiger partial charge >= 0.3 is 5.97 Å². The summed E-state index contributed by atoms with van der Waals surface area (Å²) in [7, 11) is 0. The molecule has 0 aromatic carbocycles. The van der Waals surface area contributed by atoms with Gasteiger partial charge in [0.05, 0.1) is 5.41 Å². The lowest BCUT2D eigenvalue weighted by molar-refractivity contribution is -0.173. The molecular weight excluding hydrogens is 300 g/mol. The molecule has 0 saturated carbocycles. The third-order valence-electron chi connectivity index (χ3n) is 4.75. The number of rotatable bonds is 6. The van der Waals surface area contributed by atoms with Crippen molar-refractivity contribution in [3.8, 4) is 0 Å². The van der Waals surface area contributed by atoms with Crippen molar-refractivity contribution in [1.29, 1.82) is 0 Å². The highest BCUT2D eigenvalue weighted by Gasteiger charge is 2.38. The largest absolute Gasteiger partial charge is 0.459 e. The number of hydrogen-bond acceptors (Lipinski definition) is 4. The SMILES string of the molecule is Cc1cc(CCCCC2(OC(=O)C(C)(C)C)CCNCC2)ccn1. The lowest BCUT2D eigenvalue weighted by Gasteiger charge is -2.39. The van der Waals surface area contributed by atoms with Gasteiger partial charge in [-0.05, 0) is 97.0 Å². The standard InChI is InChI=1S/C20H32N2O2/c1-16-15-17(8-12-22-16)7-5-6-9-20(10-13-21-14-11-20)24-18(23)19(2,3)4/h8,12,15,21H,5-7,9-11,13-14H2,1-4H3. The van der Waals surface area contributed by atoms with E-state index in [1.54, 1.807) is 0 Å². The molecule has 0 aliphatic carbocycles. The fourth-order valence-corrected chi connectivity index (χ4v) is 3.17. The van der Waals surface area contributed by atoms with Crippen LogP contribution in [0.3, 0.4) is 0 Å². The molecule has 0 atom stereocenters. The van der Waals surface area contributed by atoms with E-state index < -0.39 is 5.41 Å². The molecule has 1 saturated heterocycles. The zero-order chi connectivity index (χ0) is 17.6. The van der Waals surface area contributed by atoms with Crippen LogP contribution >= 0.6 is 0 Å². The Bertz CT molecular complexity index is 543. The van der Waals surface area contributed by atoms with Crippen molar-refractivity contribution in [3.05, 3.63) is 29.6 Å². The van der Waals surface area contributed by atoms with Crippen LogP contribution in [0, 0.1) is 12.3 Å². The van der Waals surface area contributed by atoms with Crippen molar-refractivity contribution in [1.82, 2.24) is 10.3 Å². The van der Waals surface area contributed by atoms with Crippen molar-refractivity contribution in [3.63, 3.8) is 0 Å². The Morgan fingerprint density at radius 1 is 1.29 bits per heavy atom. The number of carbonyl (C=O) groups excluding carboxylic acids is 1. The van der Waals surface area contributed by atoms with Crippen molar-refractivity contribution < 1.29 is 9.53 Å². The van der Waals surface area contributed by atoms with E-state index in [-0.39, 0.29) is 11.6 Å². The van der Waals surface area contributed by atoms with E-state index in [0.29, 0.717) is 0 Å². The number of pyridine rings is 1. The number of aryl methyl sites for hydroxylation is 2. The summed E-state index contributed by atoms with van der Waals surface area (Å²) in [6.07, 6.45) is 7.94. The summed E-state index contributed by atoms with van der Waals surface area (Å²) in [5.41, 5.74) is 1.70. The lowest BCUT2D eigenvalue weighted by atomic mass is 9.85. The molecule has 2 rings (SSSR count). The van der Waals surface area contributed by atoms with Crippen LogP contribution < -0.4 is 5.32 Å². The van der Waals surface area contributed by atoms with Gasteiger partial charge in [0.1, 0.15) is 5.60 Å². The van der Waals surface area contributed by atoms with Crippen LogP contribution in [0.1, 0.15) is 64.1 Å². The minimum atomic E-state index is -0.438. The minimum absolute atomic E-state index is 0.0749. The summed E-state index contributed by atoms with van der Waals surface area (Å²) in [4.78, 5) is 16.6. The van der Waals surface area contributed by atoms with E-state index in [1.165, 1.54) is 5.56 Å². The average molecular weight is 332 g/mol. The van der Waals surface area contributed by atoms with Crippen LogP contribution in [-0.2, 0) is 16.0 Å². The molecule has 0 bridgehead atoms. The van der Waals surface area contributed by atoms with Gasteiger partial charge in [0, 0.05) is 11.9 Å². The van der Waals surface area contributed by atoms with Gasteiger partial charge in [0.25, 0.3) is 0 Å². The second-order valence-corrected chi connectivity index (χ2v) is 8.09. The van der Waals surface area contributed by atoms with Gasteiger partial charge < -0.3 is 10.1 Å². The quantitative estimate of drug-likeness (QED) is 0.636. The number of piperidine rings is 1. The molecular formula is C20H32N2O2. The maximum absolute atomic E-state index is 12.4. The van der Waals surface area contributed by atoms with Crippen LogP contribution in [0.4, 0.5) is 0 Å². The summed E-state index contributed by atoms with van der Waals surface area (Å²) in [5, 5.41) is 3.38. The van der Waals surface area contributed by atoms with Crippen molar-refractivity contribution >= 4 is 5.97 Å². The number of hydrogen-bond donors (Lipinski definition) is 1. The summed E-state index contributed by atoms with van der Waals surface area (Å²) in [5.74, 6) is -0.0749. The zero-order valence-corrected chi connectivity index (χ0v) is 15.7. The molecule has 4 heteroatoms. The molecule has 1 fully saturated rings. The smallest absolute Gasteiger partial charge is 0.311 e. The van der Waals surface area contributed by atoms with Crippen LogP contribution in [0.5, 0.6) is 0 Å². The molecule has 0 unspecified atom stereocenters. The highest BCUT2D eigenvalue weighted by molar-refractivity contribution is 5.75. The molecule has 4 nitrogen and oxygen atoms in total. The van der Waals surface area contributed by atoms with Gasteiger partial charge in [-0.1, -0.05) is 0 Å². The van der Waals surface area contributed by atoms with Crippen molar-refractivity contribution in [2.24, 2.45) is 5.41 Å². The monoisotopic (exact) mass is 332 g/mol. The van der Waals surface area contributed by atoms with Crippen molar-refractivity contribution in [2.75, 3.05) is 13.1 Å². The molecule has 1 aromatic rings. The number of esters is 1. The number of carbonyl (C=O) groups is 1. The molecule has 1 aliphatic rings. The predicted molar refractivity (Wildman–Crippen MR) is 96.9 cm³/mol. The number of nitrogens with zero attached hydrogens (tertiary/aromatic N) is 1. The topological polar surface area (TPSA) is 51.2 Å². The lowest BCUT2D eigenvalue weighted by Crippen LogP contribution is -2.47. The predicted octanol–water partition coefficient (Wildman–Crippen LogP) is 3.81. The molecule has 134 valence electrons. The Morgan fingerprint density at radius 2 is 2.00 bits per heavy atom. The Kier molecular flexibility index (Phi) is 6.39. The highest BCUT2D eigenvalue weighted by Crippen LogP contribution is 2.32. The first kappa shape index (κ1) is 18.9. The van der Waals surface area contributed by atoms with Gasteiger partial charge in [0.2, 0.25) is 0 Å². The van der Waals surface area contributed by atoms with Gasteiger partial charge in [-0.3, -0.25) is 9.78 Å². The Morgan fingerprint density at radius 3 is 2.62 bits per heavy atom. The average Bonchev–Trinajstić information content (AvgIpc) is 2.52. The number of aromatic nitrogens is 1. The summed E-state index contributed by atoms with van der Waals surface area (Å²) < 4.78 is 6.03. The van der Waals surface area contributed by atoms with E-state index >= 15 is 0 Å². The number of unbranched alkanes of at least 4 members (excludes halogenated alkanes) is 1. The first-order valence-electron chi connectivity index (χ1n) is 9.16. The molecule has 1 N–H and O–H groups in total. The Hall–Kier alpha value is -1.42. The van der Waals surface area contributed by atoms with Crippen LogP contribution in [-0.4, -0.2) is 29.6 Å². The highest BCUT2D eigenvalue weighted by atomic mass is 16.6. The fraction of sp³-hybridized carbons (Fsp3) is 0.700. The first-order chi connectivity index (χ1) is 11.3. The van der Waals surface area contributed by atoms with Crippen LogP contribution in [0.2, 0.25) is 0 Å². The summed E-state index contributed by atoms with van der Waals surface area (Å²) in [6.45, 7) is 9.67. The molecule has 1 aliphatic heterocycles. The van der Waals surface area contributed by atoms with Gasteiger partial charge in [0.15, 0.2) is 0 Å². The van der Waals surface area contributed by atoms with Crippen LogP contribution in [0.15, 0.2) is 18.3 Å². The third kappa shape index (κ3) is 5.59. The van der Waals surface area contributed by atoms with E-state index in [0.717, 1.165) is 57.3 Å². The van der Waals surface area contributed by atoms with Gasteiger partial charge in [-0.2, -0.15) is 0 Å². The first-order valence-corrected chi connectivity index (χ1v) is 9.16. The molecule has 24 heavy (non-hydrogen) atoms. The zero-order valence-electron chi connectivity index (χ0n) is 15.7. The second kappa shape index (κ2) is 8.11. The maximum atomic E-state index is 12.4. The molecule has 0 amide bonds. The number of ether oxygens (including phenoxy) is 1. The van der Waals surface area contributed by atoms with E-state index in [1.807, 2.05) is 33.9 Å². The fourth-order valence-electron chi connectivity index (χ4n) is 3.17. The van der Waals surface area contributed by atoms with Crippen molar-refractivity contribution in [2.45, 2.75) is 71.8 Å².